The van der Waals surface area contributed by atoms with Crippen molar-refractivity contribution in [2.24, 2.45) is 5.92 Å². The monoisotopic (exact) mass is 270 g/mol. The Morgan fingerprint density at radius 1 is 1.05 bits per heavy atom. The summed E-state index contributed by atoms with van der Waals surface area (Å²) < 4.78 is 0. The summed E-state index contributed by atoms with van der Waals surface area (Å²) in [7, 11) is 0. The Bertz CT molecular complexity index is 549. The number of hydrogen-bond donors (Lipinski definition) is 2. The average Bonchev–Trinajstić information content (AvgIpc) is 2.38. The first-order valence-corrected chi connectivity index (χ1v) is 7.02. The van der Waals surface area contributed by atoms with E-state index in [4.69, 9.17) is 5.73 Å². The molecule has 2 aromatic rings. The van der Waals surface area contributed by atoms with Crippen LogP contribution in [-0.2, 0) is 12.8 Å². The molecule has 1 heterocycles. The molecule has 0 spiro atoms. The van der Waals surface area contributed by atoms with Crippen LogP contribution in [0.4, 0.5) is 5.82 Å². The molecule has 3 N–H and O–H groups in total. The third-order valence-electron chi connectivity index (χ3n) is 3.28. The van der Waals surface area contributed by atoms with Crippen molar-refractivity contribution in [3.8, 4) is 0 Å². The van der Waals surface area contributed by atoms with Gasteiger partial charge in [0.05, 0.1) is 6.10 Å². The van der Waals surface area contributed by atoms with Gasteiger partial charge in [-0.25, -0.2) is 4.98 Å². The molecule has 106 valence electrons. The van der Waals surface area contributed by atoms with Gasteiger partial charge in [-0.1, -0.05) is 38.1 Å². The molecule has 0 amide bonds. The number of rotatable bonds is 5. The average molecular weight is 270 g/mol. The second kappa shape index (κ2) is 6.53. The van der Waals surface area contributed by atoms with E-state index in [0.29, 0.717) is 18.2 Å². The topological polar surface area (TPSA) is 59.1 Å². The number of pyridine rings is 1. The van der Waals surface area contributed by atoms with Crippen molar-refractivity contribution in [2.45, 2.75) is 32.8 Å². The van der Waals surface area contributed by atoms with E-state index < -0.39 is 6.10 Å². The highest BCUT2D eigenvalue weighted by Crippen LogP contribution is 2.20. The number of nitrogen functional groups attached to an aromatic ring is 1. The number of hydrogen-bond acceptors (Lipinski definition) is 3. The predicted molar refractivity (Wildman–Crippen MR) is 82.3 cm³/mol. The fourth-order valence-corrected chi connectivity index (χ4v) is 2.31. The smallest absolute Gasteiger partial charge is 0.123 e. The second-order valence-electron chi connectivity index (χ2n) is 5.65. The normalized spacial score (nSPS) is 12.6. The van der Waals surface area contributed by atoms with Crippen molar-refractivity contribution in [3.05, 3.63) is 59.3 Å². The molecule has 0 saturated heterocycles. The van der Waals surface area contributed by atoms with Gasteiger partial charge >= 0.3 is 0 Å². The van der Waals surface area contributed by atoms with Crippen molar-refractivity contribution in [1.82, 2.24) is 4.98 Å². The lowest BCUT2D eigenvalue weighted by Gasteiger charge is -2.12. The molecule has 0 aliphatic rings. The van der Waals surface area contributed by atoms with Crippen LogP contribution in [0.1, 0.15) is 36.6 Å². The minimum absolute atomic E-state index is 0.488. The highest BCUT2D eigenvalue weighted by Gasteiger charge is 2.09. The van der Waals surface area contributed by atoms with E-state index in [9.17, 15) is 5.11 Å². The summed E-state index contributed by atoms with van der Waals surface area (Å²) in [5, 5.41) is 10.3. The summed E-state index contributed by atoms with van der Waals surface area (Å²) >= 11 is 0. The van der Waals surface area contributed by atoms with Crippen LogP contribution >= 0.6 is 0 Å². The fourth-order valence-electron chi connectivity index (χ4n) is 2.31. The Hall–Kier alpha value is -1.87. The van der Waals surface area contributed by atoms with E-state index in [-0.39, 0.29) is 0 Å². The van der Waals surface area contributed by atoms with E-state index in [0.717, 1.165) is 17.5 Å². The lowest BCUT2D eigenvalue weighted by atomic mass is 9.98. The molecular formula is C17H22N2O. The molecule has 0 aliphatic carbocycles. The number of nitrogens with zero attached hydrogens (tertiary/aromatic N) is 1. The first-order valence-electron chi connectivity index (χ1n) is 7.02. The maximum atomic E-state index is 10.3. The molecule has 0 bridgehead atoms. The molecule has 20 heavy (non-hydrogen) atoms. The molecule has 1 atom stereocenters. The molecule has 2 rings (SSSR count). The second-order valence-corrected chi connectivity index (χ2v) is 5.65. The number of aliphatic hydroxyl groups excluding tert-OH is 1. The van der Waals surface area contributed by atoms with Gasteiger partial charge in [-0.15, -0.1) is 0 Å². The van der Waals surface area contributed by atoms with Crippen LogP contribution in [0.15, 0.2) is 42.6 Å². The lowest BCUT2D eigenvalue weighted by molar-refractivity contribution is 0.178. The molecule has 0 saturated carbocycles. The van der Waals surface area contributed by atoms with Crippen LogP contribution in [0.3, 0.4) is 0 Å². The molecule has 0 radical (unpaired) electrons. The zero-order chi connectivity index (χ0) is 14.5. The molecule has 1 aromatic heterocycles. The Balaban J connectivity index is 2.03. The van der Waals surface area contributed by atoms with Crippen molar-refractivity contribution in [3.63, 3.8) is 0 Å². The Morgan fingerprint density at radius 3 is 2.35 bits per heavy atom. The van der Waals surface area contributed by atoms with Crippen molar-refractivity contribution in [2.75, 3.05) is 5.73 Å². The Kier molecular flexibility index (Phi) is 4.74. The summed E-state index contributed by atoms with van der Waals surface area (Å²) in [4.78, 5) is 3.96. The number of aromatic nitrogens is 1. The summed E-state index contributed by atoms with van der Waals surface area (Å²) in [6.45, 7) is 4.41. The minimum Gasteiger partial charge on any atom is -0.388 e. The zero-order valence-electron chi connectivity index (χ0n) is 12.1. The number of benzene rings is 1. The van der Waals surface area contributed by atoms with E-state index >= 15 is 0 Å². The number of aliphatic hydroxyl groups is 1. The zero-order valence-corrected chi connectivity index (χ0v) is 12.1. The molecule has 1 aromatic carbocycles. The van der Waals surface area contributed by atoms with E-state index in [2.05, 4.69) is 31.0 Å². The maximum Gasteiger partial charge on any atom is 0.123 e. The third kappa shape index (κ3) is 4.07. The summed E-state index contributed by atoms with van der Waals surface area (Å²) in [6.07, 6.45) is 2.78. The van der Waals surface area contributed by atoms with E-state index in [1.807, 2.05) is 18.2 Å². The highest BCUT2D eigenvalue weighted by molar-refractivity contribution is 5.33. The first kappa shape index (κ1) is 14.5. The van der Waals surface area contributed by atoms with E-state index in [1.165, 1.54) is 5.56 Å². The summed E-state index contributed by atoms with van der Waals surface area (Å²) in [5.41, 5.74) is 8.89. The highest BCUT2D eigenvalue weighted by atomic mass is 16.3. The molecule has 0 fully saturated rings. The number of anilines is 1. The summed E-state index contributed by atoms with van der Waals surface area (Å²) in [6, 6.07) is 11.9. The van der Waals surface area contributed by atoms with Gasteiger partial charge in [0.2, 0.25) is 0 Å². The van der Waals surface area contributed by atoms with Gasteiger partial charge in [0, 0.05) is 12.6 Å². The van der Waals surface area contributed by atoms with Crippen molar-refractivity contribution < 1.29 is 5.11 Å². The maximum absolute atomic E-state index is 10.3. The fraction of sp³-hybridized carbons (Fsp3) is 0.353. The van der Waals surface area contributed by atoms with Crippen LogP contribution in [0, 0.1) is 5.92 Å². The first-order chi connectivity index (χ1) is 9.54. The quantitative estimate of drug-likeness (QED) is 0.877. The van der Waals surface area contributed by atoms with Crippen LogP contribution < -0.4 is 5.73 Å². The predicted octanol–water partition coefficient (Wildman–Crippen LogP) is 3.14. The lowest BCUT2D eigenvalue weighted by Crippen LogP contribution is -2.03. The Labute approximate surface area is 120 Å². The van der Waals surface area contributed by atoms with Gasteiger partial charge < -0.3 is 10.8 Å². The molecule has 1 unspecified atom stereocenters. The van der Waals surface area contributed by atoms with Gasteiger partial charge in [-0.3, -0.25) is 0 Å². The van der Waals surface area contributed by atoms with Crippen LogP contribution in [0.25, 0.3) is 0 Å². The third-order valence-corrected chi connectivity index (χ3v) is 3.28. The van der Waals surface area contributed by atoms with Crippen LogP contribution in [0.5, 0.6) is 0 Å². The molecule has 3 heteroatoms. The largest absolute Gasteiger partial charge is 0.388 e. The summed E-state index contributed by atoms with van der Waals surface area (Å²) in [5.74, 6) is 1.13. The van der Waals surface area contributed by atoms with Gasteiger partial charge in [0.15, 0.2) is 0 Å². The molecule has 3 nitrogen and oxygen atoms in total. The Morgan fingerprint density at radius 2 is 1.75 bits per heavy atom. The van der Waals surface area contributed by atoms with Crippen molar-refractivity contribution >= 4 is 5.82 Å². The van der Waals surface area contributed by atoms with Gasteiger partial charge in [0.25, 0.3) is 0 Å². The van der Waals surface area contributed by atoms with Crippen LogP contribution in [-0.4, -0.2) is 10.1 Å². The van der Waals surface area contributed by atoms with E-state index in [1.54, 1.807) is 12.3 Å². The molecule has 0 aliphatic heterocycles. The van der Waals surface area contributed by atoms with Crippen LogP contribution in [0.2, 0.25) is 0 Å². The number of nitrogens with two attached hydrogens (primary N) is 1. The van der Waals surface area contributed by atoms with Gasteiger partial charge in [-0.05, 0) is 41.2 Å². The van der Waals surface area contributed by atoms with Crippen molar-refractivity contribution in [1.29, 1.82) is 0 Å². The molecular weight excluding hydrogens is 248 g/mol. The van der Waals surface area contributed by atoms with Gasteiger partial charge in [0.1, 0.15) is 5.82 Å². The SMILES string of the molecule is CC(C)Cc1ccc(C(O)Cc2ccnc(N)c2)cc1. The van der Waals surface area contributed by atoms with Gasteiger partial charge in [-0.2, -0.15) is 0 Å². The minimum atomic E-state index is -0.509. The standard InChI is InChI=1S/C17H22N2O/c1-12(2)9-13-3-5-15(6-4-13)16(20)10-14-7-8-19-17(18)11-14/h3-8,11-12,16,20H,9-10H2,1-2H3,(H2,18,19).